The van der Waals surface area contributed by atoms with Crippen molar-refractivity contribution in [1.29, 1.82) is 0 Å². The van der Waals surface area contributed by atoms with Crippen molar-refractivity contribution in [3.05, 3.63) is 12.2 Å². The highest BCUT2D eigenvalue weighted by Crippen LogP contribution is 2.41. The average molecular weight is 182 g/mol. The molecular weight excluding hydrogens is 168 g/mol. The zero-order valence-electron chi connectivity index (χ0n) is 7.73. The van der Waals surface area contributed by atoms with Crippen molar-refractivity contribution in [2.45, 2.75) is 25.4 Å². The monoisotopic (exact) mass is 182 g/mol. The molecular formula is C10H14O3. The van der Waals surface area contributed by atoms with Gasteiger partial charge in [0.1, 0.15) is 6.10 Å². The van der Waals surface area contributed by atoms with Gasteiger partial charge in [-0.1, -0.05) is 12.2 Å². The van der Waals surface area contributed by atoms with Gasteiger partial charge in [-0.2, -0.15) is 0 Å². The molecule has 0 aromatic heterocycles. The van der Waals surface area contributed by atoms with Gasteiger partial charge in [0.25, 0.3) is 0 Å². The number of methoxy groups -OCH3 is 1. The number of hydrogen-bond acceptors (Lipinski definition) is 3. The van der Waals surface area contributed by atoms with E-state index in [9.17, 15) is 4.79 Å². The third-order valence-electron chi connectivity index (χ3n) is 3.01. The number of carbonyl (C=O) groups excluding carboxylic acids is 1. The number of ether oxygens (including phenoxy) is 2. The molecule has 0 unspecified atom stereocenters. The Balaban J connectivity index is 1.93. The largest absolute Gasteiger partial charge is 0.508 e. The standard InChI is InChI=1S/C10H14O3/c1-12-10(11)13-9-6-5-7-3-2-4-8(7)9/h2,4,7-9H,3,5-6H2,1H3/t7-,8-,9+/m1/s1. The molecule has 2 rings (SSSR count). The maximum absolute atomic E-state index is 10.9. The van der Waals surface area contributed by atoms with Crippen LogP contribution in [0.1, 0.15) is 19.3 Å². The molecule has 72 valence electrons. The fraction of sp³-hybridized carbons (Fsp3) is 0.700. The Morgan fingerprint density at radius 3 is 3.08 bits per heavy atom. The highest BCUT2D eigenvalue weighted by Gasteiger charge is 2.38. The van der Waals surface area contributed by atoms with Crippen molar-refractivity contribution in [1.82, 2.24) is 0 Å². The molecule has 13 heavy (non-hydrogen) atoms. The molecule has 0 heterocycles. The Bertz CT molecular complexity index is 234. The summed E-state index contributed by atoms with van der Waals surface area (Å²) in [4.78, 5) is 10.9. The van der Waals surface area contributed by atoms with E-state index < -0.39 is 6.16 Å². The quantitative estimate of drug-likeness (QED) is 0.460. The van der Waals surface area contributed by atoms with Crippen molar-refractivity contribution in [2.24, 2.45) is 11.8 Å². The molecule has 2 aliphatic carbocycles. The predicted molar refractivity (Wildman–Crippen MR) is 47.2 cm³/mol. The van der Waals surface area contributed by atoms with Crippen molar-refractivity contribution in [3.63, 3.8) is 0 Å². The van der Waals surface area contributed by atoms with Gasteiger partial charge in [0.05, 0.1) is 7.11 Å². The first-order valence-electron chi connectivity index (χ1n) is 4.72. The molecule has 0 amide bonds. The number of carbonyl (C=O) groups is 1. The van der Waals surface area contributed by atoms with Gasteiger partial charge in [0, 0.05) is 5.92 Å². The van der Waals surface area contributed by atoms with E-state index in [0.29, 0.717) is 11.8 Å². The lowest BCUT2D eigenvalue weighted by atomic mass is 9.99. The first-order chi connectivity index (χ1) is 6.31. The van der Waals surface area contributed by atoms with Crippen molar-refractivity contribution in [2.75, 3.05) is 7.11 Å². The van der Waals surface area contributed by atoms with Crippen molar-refractivity contribution < 1.29 is 14.3 Å². The average Bonchev–Trinajstić information content (AvgIpc) is 2.69. The first-order valence-corrected chi connectivity index (χ1v) is 4.72. The molecule has 1 saturated carbocycles. The van der Waals surface area contributed by atoms with Crippen LogP contribution in [0.3, 0.4) is 0 Å². The van der Waals surface area contributed by atoms with Crippen LogP contribution in [0.25, 0.3) is 0 Å². The van der Waals surface area contributed by atoms with Crippen molar-refractivity contribution >= 4 is 6.16 Å². The van der Waals surface area contributed by atoms with Crippen LogP contribution >= 0.6 is 0 Å². The fourth-order valence-electron chi connectivity index (χ4n) is 2.34. The SMILES string of the molecule is COC(=O)O[C@H]1CC[C@H]2CC=C[C@H]21. The highest BCUT2D eigenvalue weighted by molar-refractivity contribution is 5.60. The summed E-state index contributed by atoms with van der Waals surface area (Å²) in [6.45, 7) is 0. The number of hydrogen-bond donors (Lipinski definition) is 0. The van der Waals surface area contributed by atoms with E-state index in [1.807, 2.05) is 0 Å². The molecule has 0 N–H and O–H groups in total. The van der Waals surface area contributed by atoms with Crippen LogP contribution in [-0.2, 0) is 9.47 Å². The lowest BCUT2D eigenvalue weighted by Gasteiger charge is -2.16. The summed E-state index contributed by atoms with van der Waals surface area (Å²) < 4.78 is 9.64. The van der Waals surface area contributed by atoms with Crippen LogP contribution in [0.5, 0.6) is 0 Å². The highest BCUT2D eigenvalue weighted by atomic mass is 16.7. The lowest BCUT2D eigenvalue weighted by molar-refractivity contribution is 0.0274. The van der Waals surface area contributed by atoms with Crippen LogP contribution in [-0.4, -0.2) is 19.4 Å². The van der Waals surface area contributed by atoms with Gasteiger partial charge in [0.2, 0.25) is 0 Å². The Morgan fingerprint density at radius 2 is 2.31 bits per heavy atom. The zero-order valence-corrected chi connectivity index (χ0v) is 7.73. The molecule has 3 nitrogen and oxygen atoms in total. The second-order valence-electron chi connectivity index (χ2n) is 3.69. The minimum Gasteiger partial charge on any atom is -0.438 e. The van der Waals surface area contributed by atoms with E-state index in [1.165, 1.54) is 13.5 Å². The predicted octanol–water partition coefficient (Wildman–Crippen LogP) is 2.12. The summed E-state index contributed by atoms with van der Waals surface area (Å²) in [5.74, 6) is 1.15. The van der Waals surface area contributed by atoms with Crippen LogP contribution in [0.2, 0.25) is 0 Å². The normalized spacial score (nSPS) is 35.9. The second-order valence-corrected chi connectivity index (χ2v) is 3.69. The van der Waals surface area contributed by atoms with Gasteiger partial charge in [-0.25, -0.2) is 4.79 Å². The van der Waals surface area contributed by atoms with E-state index >= 15 is 0 Å². The van der Waals surface area contributed by atoms with Gasteiger partial charge in [-0.05, 0) is 25.2 Å². The van der Waals surface area contributed by atoms with E-state index in [4.69, 9.17) is 4.74 Å². The maximum Gasteiger partial charge on any atom is 0.508 e. The third-order valence-corrected chi connectivity index (χ3v) is 3.01. The topological polar surface area (TPSA) is 35.5 Å². The summed E-state index contributed by atoms with van der Waals surface area (Å²) in [5.41, 5.74) is 0. The van der Waals surface area contributed by atoms with Crippen LogP contribution < -0.4 is 0 Å². The Hall–Kier alpha value is -0.990. The minimum absolute atomic E-state index is 0.0520. The smallest absolute Gasteiger partial charge is 0.438 e. The molecule has 3 heteroatoms. The second kappa shape index (κ2) is 3.40. The van der Waals surface area contributed by atoms with Gasteiger partial charge in [0.15, 0.2) is 0 Å². The third kappa shape index (κ3) is 1.55. The molecule has 0 aromatic carbocycles. The molecule has 0 bridgehead atoms. The molecule has 1 fully saturated rings. The van der Waals surface area contributed by atoms with Gasteiger partial charge in [-0.15, -0.1) is 0 Å². The summed E-state index contributed by atoms with van der Waals surface area (Å²) >= 11 is 0. The first kappa shape index (κ1) is 8.60. The fourth-order valence-corrected chi connectivity index (χ4v) is 2.34. The molecule has 0 aromatic rings. The van der Waals surface area contributed by atoms with Crippen molar-refractivity contribution in [3.8, 4) is 0 Å². The van der Waals surface area contributed by atoms with Crippen LogP contribution in [0, 0.1) is 11.8 Å². The number of rotatable bonds is 1. The Morgan fingerprint density at radius 1 is 1.46 bits per heavy atom. The maximum atomic E-state index is 10.9. The summed E-state index contributed by atoms with van der Waals surface area (Å²) in [7, 11) is 1.35. The van der Waals surface area contributed by atoms with E-state index in [0.717, 1.165) is 12.8 Å². The number of allylic oxidation sites excluding steroid dienone is 1. The molecule has 2 aliphatic rings. The molecule has 0 saturated heterocycles. The summed E-state index contributed by atoms with van der Waals surface area (Å²) in [5, 5.41) is 0. The lowest BCUT2D eigenvalue weighted by Crippen LogP contribution is -2.22. The zero-order chi connectivity index (χ0) is 9.26. The summed E-state index contributed by atoms with van der Waals surface area (Å²) in [6.07, 6.45) is 7.15. The van der Waals surface area contributed by atoms with Gasteiger partial charge in [-0.3, -0.25) is 0 Å². The molecule has 3 atom stereocenters. The summed E-state index contributed by atoms with van der Waals surface area (Å²) in [6, 6.07) is 0. The van der Waals surface area contributed by atoms with Crippen LogP contribution in [0.15, 0.2) is 12.2 Å². The number of fused-ring (bicyclic) bond motifs is 1. The Labute approximate surface area is 77.7 Å². The van der Waals surface area contributed by atoms with E-state index in [2.05, 4.69) is 16.9 Å². The van der Waals surface area contributed by atoms with E-state index in [-0.39, 0.29) is 6.10 Å². The molecule has 0 radical (unpaired) electrons. The van der Waals surface area contributed by atoms with Crippen LogP contribution in [0.4, 0.5) is 4.79 Å². The van der Waals surface area contributed by atoms with Gasteiger partial charge >= 0.3 is 6.16 Å². The minimum atomic E-state index is -0.550. The Kier molecular flexibility index (Phi) is 2.25. The van der Waals surface area contributed by atoms with Gasteiger partial charge < -0.3 is 9.47 Å². The molecule has 0 aliphatic heterocycles. The molecule has 0 spiro atoms. The van der Waals surface area contributed by atoms with E-state index in [1.54, 1.807) is 0 Å².